The minimum atomic E-state index is -0.649. The fourth-order valence-corrected chi connectivity index (χ4v) is 2.79. The van der Waals surface area contributed by atoms with Crippen molar-refractivity contribution in [3.05, 3.63) is 23.8 Å². The van der Waals surface area contributed by atoms with E-state index in [2.05, 4.69) is 10.2 Å². The molecule has 1 aliphatic rings. The number of ether oxygens (including phenoxy) is 1. The number of hydrogen-bond donors (Lipinski definition) is 2. The molecule has 1 aromatic rings. The smallest absolute Gasteiger partial charge is 0.242 e. The third-order valence-electron chi connectivity index (χ3n) is 3.71. The molecule has 1 fully saturated rings. The normalized spacial score (nSPS) is 20.5. The number of aliphatic hydroxyl groups excluding tert-OH is 1. The van der Waals surface area contributed by atoms with Gasteiger partial charge in [0.25, 0.3) is 0 Å². The maximum Gasteiger partial charge on any atom is 0.242 e. The van der Waals surface area contributed by atoms with Gasteiger partial charge in [0.1, 0.15) is 11.8 Å². The zero-order valence-corrected chi connectivity index (χ0v) is 12.2. The Morgan fingerprint density at radius 2 is 2.30 bits per heavy atom. The highest BCUT2D eigenvalue weighted by atomic mass is 16.5. The van der Waals surface area contributed by atoms with Gasteiger partial charge in [-0.1, -0.05) is 13.0 Å². The van der Waals surface area contributed by atoms with Gasteiger partial charge in [-0.15, -0.1) is 0 Å². The Balaban J connectivity index is 2.47. The molecule has 2 atom stereocenters. The number of piperazine rings is 1. The molecule has 110 valence electrons. The van der Waals surface area contributed by atoms with Crippen molar-refractivity contribution in [3.63, 3.8) is 0 Å². The van der Waals surface area contributed by atoms with E-state index >= 15 is 0 Å². The maximum atomic E-state index is 12.0. The van der Waals surface area contributed by atoms with Gasteiger partial charge in [-0.2, -0.15) is 0 Å². The average Bonchev–Trinajstić information content (AvgIpc) is 2.45. The Hall–Kier alpha value is -1.75. The third-order valence-corrected chi connectivity index (χ3v) is 3.71. The van der Waals surface area contributed by atoms with E-state index in [0.29, 0.717) is 12.3 Å². The molecule has 0 saturated carbocycles. The first kappa shape index (κ1) is 14.7. The van der Waals surface area contributed by atoms with E-state index in [4.69, 9.17) is 4.74 Å². The monoisotopic (exact) mass is 278 g/mol. The number of carbonyl (C=O) groups excluding carboxylic acids is 1. The molecular formula is C15H22N2O3. The number of methoxy groups -OCH3 is 1. The second kappa shape index (κ2) is 6.13. The molecule has 0 radical (unpaired) electrons. The van der Waals surface area contributed by atoms with E-state index in [1.54, 1.807) is 14.0 Å². The zero-order valence-electron chi connectivity index (χ0n) is 12.2. The van der Waals surface area contributed by atoms with Crippen LogP contribution < -0.4 is 15.0 Å². The molecule has 5 heteroatoms. The molecule has 2 rings (SSSR count). The summed E-state index contributed by atoms with van der Waals surface area (Å²) >= 11 is 0. The molecule has 5 nitrogen and oxygen atoms in total. The summed E-state index contributed by atoms with van der Waals surface area (Å²) in [7, 11) is 1.59. The average molecular weight is 278 g/mol. The number of carbonyl (C=O) groups is 1. The van der Waals surface area contributed by atoms with Crippen molar-refractivity contribution in [2.24, 2.45) is 0 Å². The van der Waals surface area contributed by atoms with Crippen LogP contribution in [0.15, 0.2) is 18.2 Å². The van der Waals surface area contributed by atoms with E-state index in [1.165, 1.54) is 0 Å². The lowest BCUT2D eigenvalue weighted by atomic mass is 10.0. The van der Waals surface area contributed by atoms with Crippen LogP contribution in [-0.4, -0.2) is 37.3 Å². The highest BCUT2D eigenvalue weighted by molar-refractivity contribution is 5.87. The molecule has 1 amide bonds. The summed E-state index contributed by atoms with van der Waals surface area (Å²) in [6.07, 6.45) is 0.0751. The molecular weight excluding hydrogens is 256 g/mol. The molecule has 1 unspecified atom stereocenters. The van der Waals surface area contributed by atoms with Crippen molar-refractivity contribution in [1.29, 1.82) is 0 Å². The molecule has 0 aromatic heterocycles. The van der Waals surface area contributed by atoms with E-state index in [1.807, 2.05) is 25.1 Å². The number of rotatable bonds is 4. The topological polar surface area (TPSA) is 61.8 Å². The number of nitrogens with one attached hydrogen (secondary N) is 1. The van der Waals surface area contributed by atoms with Crippen LogP contribution in [0.2, 0.25) is 0 Å². The summed E-state index contributed by atoms with van der Waals surface area (Å²) < 4.78 is 5.35. The quantitative estimate of drug-likeness (QED) is 0.875. The van der Waals surface area contributed by atoms with Gasteiger partial charge in [0.05, 0.1) is 13.2 Å². The van der Waals surface area contributed by atoms with Crippen LogP contribution in [0.1, 0.15) is 31.9 Å². The SMILES string of the molecule is CCC1C(=O)NCCN1c1cccc(OC)c1[C@H](C)O. The number of anilines is 1. The van der Waals surface area contributed by atoms with E-state index < -0.39 is 6.10 Å². The summed E-state index contributed by atoms with van der Waals surface area (Å²) in [5.41, 5.74) is 1.62. The fourth-order valence-electron chi connectivity index (χ4n) is 2.79. The van der Waals surface area contributed by atoms with Gasteiger partial charge in [-0.05, 0) is 25.5 Å². The Morgan fingerprint density at radius 1 is 1.55 bits per heavy atom. The van der Waals surface area contributed by atoms with Crippen molar-refractivity contribution < 1.29 is 14.6 Å². The Morgan fingerprint density at radius 3 is 2.90 bits per heavy atom. The summed E-state index contributed by atoms with van der Waals surface area (Å²) in [4.78, 5) is 14.1. The van der Waals surface area contributed by atoms with Crippen LogP contribution in [0.3, 0.4) is 0 Å². The molecule has 0 spiro atoms. The number of aliphatic hydroxyl groups is 1. The van der Waals surface area contributed by atoms with E-state index in [9.17, 15) is 9.90 Å². The van der Waals surface area contributed by atoms with Gasteiger partial charge >= 0.3 is 0 Å². The van der Waals surface area contributed by atoms with Gasteiger partial charge in [0, 0.05) is 24.3 Å². The van der Waals surface area contributed by atoms with E-state index in [-0.39, 0.29) is 11.9 Å². The van der Waals surface area contributed by atoms with Crippen LogP contribution in [0.5, 0.6) is 5.75 Å². The highest BCUT2D eigenvalue weighted by Gasteiger charge is 2.30. The van der Waals surface area contributed by atoms with Crippen molar-refractivity contribution in [1.82, 2.24) is 5.32 Å². The summed E-state index contributed by atoms with van der Waals surface area (Å²) in [5.74, 6) is 0.691. The molecule has 1 saturated heterocycles. The van der Waals surface area contributed by atoms with E-state index in [0.717, 1.165) is 24.2 Å². The standard InChI is InChI=1S/C15H22N2O3/c1-4-11-15(19)16-8-9-17(11)12-6-5-7-13(20-3)14(12)10(2)18/h5-7,10-11,18H,4,8-9H2,1-3H3,(H,16,19)/t10-,11?/m0/s1. The molecule has 1 aliphatic heterocycles. The molecule has 2 N–H and O–H groups in total. The molecule has 0 aliphatic carbocycles. The first-order valence-electron chi connectivity index (χ1n) is 6.99. The highest BCUT2D eigenvalue weighted by Crippen LogP contribution is 2.36. The third kappa shape index (κ3) is 2.58. The zero-order chi connectivity index (χ0) is 14.7. The molecule has 1 heterocycles. The molecule has 1 aromatic carbocycles. The van der Waals surface area contributed by atoms with Crippen LogP contribution in [0.4, 0.5) is 5.69 Å². The Labute approximate surface area is 119 Å². The van der Waals surface area contributed by atoms with Crippen LogP contribution >= 0.6 is 0 Å². The van der Waals surface area contributed by atoms with Gasteiger partial charge in [0.15, 0.2) is 0 Å². The maximum absolute atomic E-state index is 12.0. The van der Waals surface area contributed by atoms with Gasteiger partial charge < -0.3 is 20.1 Å². The first-order valence-corrected chi connectivity index (χ1v) is 6.99. The lowest BCUT2D eigenvalue weighted by Gasteiger charge is -2.38. The fraction of sp³-hybridized carbons (Fsp3) is 0.533. The van der Waals surface area contributed by atoms with Gasteiger partial charge in [0.2, 0.25) is 5.91 Å². The Bertz CT molecular complexity index is 488. The lowest BCUT2D eigenvalue weighted by molar-refractivity contribution is -0.123. The number of amides is 1. The van der Waals surface area contributed by atoms with Crippen LogP contribution in [0, 0.1) is 0 Å². The summed E-state index contributed by atoms with van der Waals surface area (Å²) in [5, 5.41) is 13.0. The van der Waals surface area contributed by atoms with Crippen LogP contribution in [-0.2, 0) is 4.79 Å². The number of hydrogen-bond acceptors (Lipinski definition) is 4. The minimum absolute atomic E-state index is 0.0399. The predicted octanol–water partition coefficient (Wildman–Crippen LogP) is 1.46. The second-order valence-electron chi connectivity index (χ2n) is 4.98. The van der Waals surface area contributed by atoms with Crippen molar-refractivity contribution in [3.8, 4) is 5.75 Å². The number of nitrogens with zero attached hydrogens (tertiary/aromatic N) is 1. The summed E-state index contributed by atoms with van der Waals surface area (Å²) in [6, 6.07) is 5.45. The molecule has 0 bridgehead atoms. The Kier molecular flexibility index (Phi) is 4.49. The summed E-state index contributed by atoms with van der Waals surface area (Å²) in [6.45, 7) is 5.06. The van der Waals surface area contributed by atoms with Crippen molar-refractivity contribution in [2.45, 2.75) is 32.4 Å². The molecule has 20 heavy (non-hydrogen) atoms. The van der Waals surface area contributed by atoms with Gasteiger partial charge in [-0.3, -0.25) is 4.79 Å². The lowest BCUT2D eigenvalue weighted by Crippen LogP contribution is -2.55. The van der Waals surface area contributed by atoms with Crippen molar-refractivity contribution in [2.75, 3.05) is 25.1 Å². The largest absolute Gasteiger partial charge is 0.496 e. The number of benzene rings is 1. The first-order chi connectivity index (χ1) is 9.60. The van der Waals surface area contributed by atoms with Crippen LogP contribution in [0.25, 0.3) is 0 Å². The predicted molar refractivity (Wildman–Crippen MR) is 78.1 cm³/mol. The van der Waals surface area contributed by atoms with Gasteiger partial charge in [-0.25, -0.2) is 0 Å². The minimum Gasteiger partial charge on any atom is -0.496 e. The van der Waals surface area contributed by atoms with Crippen molar-refractivity contribution >= 4 is 11.6 Å². The second-order valence-corrected chi connectivity index (χ2v) is 4.98.